The number of aliphatic carboxylic acids is 1. The molecular weight excluding hydrogens is 298 g/mol. The Morgan fingerprint density at radius 1 is 1.38 bits per heavy atom. The van der Waals surface area contributed by atoms with E-state index >= 15 is 0 Å². The highest BCUT2D eigenvalue weighted by atomic mass is 32.2. The molecule has 1 aromatic rings. The average molecular weight is 315 g/mol. The monoisotopic (exact) mass is 315 g/mol. The van der Waals surface area contributed by atoms with E-state index in [0.717, 1.165) is 4.31 Å². The number of ether oxygens (including phenoxy) is 1. The summed E-state index contributed by atoms with van der Waals surface area (Å²) in [5.41, 5.74) is 0. The van der Waals surface area contributed by atoms with E-state index < -0.39 is 28.1 Å². The van der Waals surface area contributed by atoms with Crippen LogP contribution in [-0.2, 0) is 14.8 Å². The van der Waals surface area contributed by atoms with Gasteiger partial charge in [-0.15, -0.1) is 0 Å². The molecule has 2 atom stereocenters. The van der Waals surface area contributed by atoms with E-state index in [9.17, 15) is 18.3 Å². The van der Waals surface area contributed by atoms with Crippen LogP contribution in [0.3, 0.4) is 0 Å². The van der Waals surface area contributed by atoms with Gasteiger partial charge in [-0.3, -0.25) is 4.79 Å². The number of nitrogens with zero attached hydrogens (tertiary/aromatic N) is 1. The summed E-state index contributed by atoms with van der Waals surface area (Å²) in [5, 5.41) is 18.6. The van der Waals surface area contributed by atoms with Crippen molar-refractivity contribution in [3.63, 3.8) is 0 Å². The third-order valence-corrected chi connectivity index (χ3v) is 5.15. The number of benzene rings is 1. The number of β-amino-alcohol motifs (C(OH)–C–C–N with tert-alkyl or cyclic N) is 1. The molecule has 1 heterocycles. The van der Waals surface area contributed by atoms with Gasteiger partial charge in [0.15, 0.2) is 0 Å². The Balaban J connectivity index is 2.30. The molecule has 1 fully saturated rings. The largest absolute Gasteiger partial charge is 0.494 e. The predicted molar refractivity (Wildman–Crippen MR) is 73.6 cm³/mol. The Morgan fingerprint density at radius 2 is 2.00 bits per heavy atom. The summed E-state index contributed by atoms with van der Waals surface area (Å²) in [6, 6.07) is 4.52. The molecule has 1 aliphatic heterocycles. The lowest BCUT2D eigenvalue weighted by Crippen LogP contribution is -2.40. The molecule has 0 spiro atoms. The Hall–Kier alpha value is -1.64. The molecule has 0 aromatic heterocycles. The van der Waals surface area contributed by atoms with Gasteiger partial charge >= 0.3 is 5.97 Å². The summed E-state index contributed by atoms with van der Waals surface area (Å²) in [7, 11) is -3.96. The second kappa shape index (κ2) is 6.00. The molecule has 0 amide bonds. The van der Waals surface area contributed by atoms with Crippen molar-refractivity contribution in [2.24, 2.45) is 0 Å². The predicted octanol–water partition coefficient (Wildman–Crippen LogP) is 0.294. The minimum Gasteiger partial charge on any atom is -0.494 e. The Labute approximate surface area is 122 Å². The first-order valence-corrected chi connectivity index (χ1v) is 7.96. The van der Waals surface area contributed by atoms with Crippen LogP contribution < -0.4 is 4.74 Å². The van der Waals surface area contributed by atoms with Crippen LogP contribution in [0.2, 0.25) is 0 Å². The molecule has 0 radical (unpaired) electrons. The number of hydrogen-bond acceptors (Lipinski definition) is 5. The summed E-state index contributed by atoms with van der Waals surface area (Å²) < 4.78 is 31.0. The van der Waals surface area contributed by atoms with Crippen molar-refractivity contribution in [2.45, 2.75) is 30.4 Å². The maximum atomic E-state index is 12.5. The number of carbonyl (C=O) groups is 1. The van der Waals surface area contributed by atoms with Crippen molar-refractivity contribution in [3.05, 3.63) is 24.3 Å². The van der Waals surface area contributed by atoms with Crippen LogP contribution in [0.1, 0.15) is 13.3 Å². The second-order valence-electron chi connectivity index (χ2n) is 4.72. The van der Waals surface area contributed by atoms with Crippen molar-refractivity contribution in [3.8, 4) is 5.75 Å². The van der Waals surface area contributed by atoms with E-state index in [1.165, 1.54) is 24.3 Å². The van der Waals surface area contributed by atoms with Gasteiger partial charge in [-0.05, 0) is 31.2 Å². The first kappa shape index (κ1) is 15.7. The fraction of sp³-hybridized carbons (Fsp3) is 0.462. The summed E-state index contributed by atoms with van der Waals surface area (Å²) in [4.78, 5) is 11.1. The maximum absolute atomic E-state index is 12.5. The molecule has 2 N–H and O–H groups in total. The lowest BCUT2D eigenvalue weighted by Gasteiger charge is -2.20. The lowest BCUT2D eigenvalue weighted by molar-refractivity contribution is -0.140. The van der Waals surface area contributed by atoms with Crippen LogP contribution in [0.15, 0.2) is 29.2 Å². The van der Waals surface area contributed by atoms with Gasteiger partial charge in [0.05, 0.1) is 17.6 Å². The molecular formula is C13H17NO6S. The molecule has 1 aromatic carbocycles. The topological polar surface area (TPSA) is 104 Å². The van der Waals surface area contributed by atoms with Gasteiger partial charge in [0.1, 0.15) is 11.8 Å². The zero-order valence-corrected chi connectivity index (χ0v) is 12.3. The highest BCUT2D eigenvalue weighted by Crippen LogP contribution is 2.27. The highest BCUT2D eigenvalue weighted by Gasteiger charge is 2.43. The number of carboxylic acids is 1. The minimum absolute atomic E-state index is 0.0219. The molecule has 7 nitrogen and oxygen atoms in total. The van der Waals surface area contributed by atoms with Gasteiger partial charge in [-0.2, -0.15) is 4.31 Å². The average Bonchev–Trinajstić information content (AvgIpc) is 2.83. The number of rotatable bonds is 5. The van der Waals surface area contributed by atoms with Crippen LogP contribution in [0.5, 0.6) is 5.75 Å². The van der Waals surface area contributed by atoms with Gasteiger partial charge < -0.3 is 14.9 Å². The lowest BCUT2D eigenvalue weighted by atomic mass is 10.2. The SMILES string of the molecule is CCOc1ccc(S(=O)(=O)N2C[C@H](O)C[C@H]2C(=O)O)cc1. The first-order chi connectivity index (χ1) is 9.86. The quantitative estimate of drug-likeness (QED) is 0.809. The van der Waals surface area contributed by atoms with Gasteiger partial charge in [-0.25, -0.2) is 8.42 Å². The van der Waals surface area contributed by atoms with Crippen LogP contribution in [-0.4, -0.2) is 54.2 Å². The number of hydrogen-bond donors (Lipinski definition) is 2. The number of carboxylic acid groups (broad SMARTS) is 1. The van der Waals surface area contributed by atoms with Crippen LogP contribution in [0, 0.1) is 0 Å². The van der Waals surface area contributed by atoms with E-state index in [1.807, 2.05) is 6.92 Å². The van der Waals surface area contributed by atoms with Crippen LogP contribution in [0.25, 0.3) is 0 Å². The standard InChI is InChI=1S/C13H17NO6S/c1-2-20-10-3-5-11(6-4-10)21(18,19)14-8-9(15)7-12(14)13(16)17/h3-6,9,12,15H,2,7-8H2,1H3,(H,16,17)/t9-,12+/m1/s1. The molecule has 0 bridgehead atoms. The summed E-state index contributed by atoms with van der Waals surface area (Å²) in [6.45, 7) is 2.06. The van der Waals surface area contributed by atoms with E-state index in [0.29, 0.717) is 12.4 Å². The van der Waals surface area contributed by atoms with E-state index in [-0.39, 0.29) is 17.9 Å². The fourth-order valence-electron chi connectivity index (χ4n) is 2.28. The van der Waals surface area contributed by atoms with E-state index in [2.05, 4.69) is 0 Å². The zero-order valence-electron chi connectivity index (χ0n) is 11.5. The molecule has 0 aliphatic carbocycles. The normalized spacial score (nSPS) is 23.1. The van der Waals surface area contributed by atoms with Crippen molar-refractivity contribution >= 4 is 16.0 Å². The molecule has 0 unspecified atom stereocenters. The van der Waals surface area contributed by atoms with E-state index in [4.69, 9.17) is 9.84 Å². The molecule has 1 aliphatic rings. The van der Waals surface area contributed by atoms with Gasteiger partial charge in [-0.1, -0.05) is 0 Å². The number of aliphatic hydroxyl groups excluding tert-OH is 1. The summed E-state index contributed by atoms with van der Waals surface area (Å²) >= 11 is 0. The Kier molecular flexibility index (Phi) is 4.50. The number of sulfonamides is 1. The van der Waals surface area contributed by atoms with Crippen molar-refractivity contribution in [1.82, 2.24) is 4.31 Å². The Bertz CT molecular complexity index is 612. The number of aliphatic hydroxyl groups is 1. The van der Waals surface area contributed by atoms with Crippen molar-refractivity contribution in [1.29, 1.82) is 0 Å². The van der Waals surface area contributed by atoms with Gasteiger partial charge in [0.25, 0.3) is 0 Å². The highest BCUT2D eigenvalue weighted by molar-refractivity contribution is 7.89. The van der Waals surface area contributed by atoms with Crippen LogP contribution >= 0.6 is 0 Å². The second-order valence-corrected chi connectivity index (χ2v) is 6.61. The summed E-state index contributed by atoms with van der Waals surface area (Å²) in [6.07, 6.45) is -1.07. The molecule has 116 valence electrons. The smallest absolute Gasteiger partial charge is 0.322 e. The fourth-order valence-corrected chi connectivity index (χ4v) is 3.91. The van der Waals surface area contributed by atoms with Crippen LogP contribution in [0.4, 0.5) is 0 Å². The van der Waals surface area contributed by atoms with Crippen molar-refractivity contribution < 1.29 is 28.2 Å². The molecule has 0 saturated carbocycles. The van der Waals surface area contributed by atoms with Crippen molar-refractivity contribution in [2.75, 3.05) is 13.2 Å². The maximum Gasteiger partial charge on any atom is 0.322 e. The molecule has 21 heavy (non-hydrogen) atoms. The third-order valence-electron chi connectivity index (χ3n) is 3.26. The zero-order chi connectivity index (χ0) is 15.6. The first-order valence-electron chi connectivity index (χ1n) is 6.52. The summed E-state index contributed by atoms with van der Waals surface area (Å²) in [5.74, 6) is -0.728. The Morgan fingerprint density at radius 3 is 2.52 bits per heavy atom. The van der Waals surface area contributed by atoms with Gasteiger partial charge in [0, 0.05) is 13.0 Å². The van der Waals surface area contributed by atoms with E-state index in [1.54, 1.807) is 0 Å². The molecule has 8 heteroatoms. The minimum atomic E-state index is -3.96. The molecule has 1 saturated heterocycles. The molecule has 2 rings (SSSR count). The third kappa shape index (κ3) is 3.17. The van der Waals surface area contributed by atoms with Gasteiger partial charge in [0.2, 0.25) is 10.0 Å².